The van der Waals surface area contributed by atoms with Crippen LogP contribution in [0.4, 0.5) is 5.00 Å². The van der Waals surface area contributed by atoms with Gasteiger partial charge in [-0.3, -0.25) is 10.1 Å². The lowest BCUT2D eigenvalue weighted by atomic mass is 10.1. The summed E-state index contributed by atoms with van der Waals surface area (Å²) in [6.07, 6.45) is 1.99. The minimum atomic E-state index is -0.356. The van der Waals surface area contributed by atoms with E-state index in [2.05, 4.69) is 19.2 Å². The highest BCUT2D eigenvalue weighted by molar-refractivity contribution is 7.16. The number of thiophene rings is 1. The molecule has 0 aliphatic rings. The summed E-state index contributed by atoms with van der Waals surface area (Å²) < 4.78 is 0. The monoisotopic (exact) mass is 240 g/mol. The van der Waals surface area contributed by atoms with Gasteiger partial charge in [0.25, 0.3) is 0 Å². The van der Waals surface area contributed by atoms with Crippen LogP contribution in [-0.2, 0) is 0 Å². The van der Waals surface area contributed by atoms with E-state index in [1.165, 1.54) is 16.9 Å². The summed E-state index contributed by atoms with van der Waals surface area (Å²) in [5, 5.41) is 14.0. The highest BCUT2D eigenvalue weighted by Crippen LogP contribution is 2.26. The van der Waals surface area contributed by atoms with Gasteiger partial charge in [-0.2, -0.15) is 0 Å². The van der Waals surface area contributed by atoms with Crippen LogP contribution in [-0.4, -0.2) is 17.5 Å². The van der Waals surface area contributed by atoms with Gasteiger partial charge in [-0.1, -0.05) is 23.8 Å². The number of hydrogen-bond acceptors (Lipinski definition) is 4. The number of nitrogens with zero attached hydrogens (tertiary/aromatic N) is 1. The van der Waals surface area contributed by atoms with Gasteiger partial charge in [0, 0.05) is 17.0 Å². The molecule has 0 saturated carbocycles. The first-order chi connectivity index (χ1) is 7.54. The minimum Gasteiger partial charge on any atom is -0.311 e. The van der Waals surface area contributed by atoms with Gasteiger partial charge in [0.05, 0.1) is 4.92 Å². The maximum Gasteiger partial charge on any atom is 0.324 e. The summed E-state index contributed by atoms with van der Waals surface area (Å²) in [7, 11) is 0. The molecule has 88 valence electrons. The van der Waals surface area contributed by atoms with Crippen molar-refractivity contribution in [3.05, 3.63) is 32.7 Å². The SMILES string of the molecule is CCNC(C)/C(C)=C/c1ccc([N+](=O)[O-])s1. The summed E-state index contributed by atoms with van der Waals surface area (Å²) in [4.78, 5) is 11.1. The Bertz CT molecular complexity index is 398. The van der Waals surface area contributed by atoms with Crippen molar-refractivity contribution in [2.75, 3.05) is 6.54 Å². The first-order valence-corrected chi connectivity index (χ1v) is 6.02. The molecule has 0 aliphatic heterocycles. The van der Waals surface area contributed by atoms with Gasteiger partial charge in [-0.05, 0) is 32.5 Å². The molecule has 0 bridgehead atoms. The van der Waals surface area contributed by atoms with Crippen LogP contribution < -0.4 is 5.32 Å². The molecule has 4 nitrogen and oxygen atoms in total. The predicted molar refractivity (Wildman–Crippen MR) is 67.8 cm³/mol. The first kappa shape index (κ1) is 12.9. The number of nitro groups is 1. The number of nitrogens with one attached hydrogen (secondary N) is 1. The molecule has 16 heavy (non-hydrogen) atoms. The van der Waals surface area contributed by atoms with Gasteiger partial charge in [0.1, 0.15) is 0 Å². The van der Waals surface area contributed by atoms with Crippen LogP contribution in [0.1, 0.15) is 25.6 Å². The number of likely N-dealkylation sites (N-methyl/N-ethyl adjacent to an activating group) is 1. The summed E-state index contributed by atoms with van der Waals surface area (Å²) in [5.74, 6) is 0. The fraction of sp³-hybridized carbons (Fsp3) is 0.455. The molecule has 0 amide bonds. The van der Waals surface area contributed by atoms with E-state index in [9.17, 15) is 10.1 Å². The molecule has 0 fully saturated rings. The zero-order valence-corrected chi connectivity index (χ0v) is 10.5. The molecule has 1 aromatic heterocycles. The van der Waals surface area contributed by atoms with Crippen molar-refractivity contribution in [2.24, 2.45) is 0 Å². The largest absolute Gasteiger partial charge is 0.324 e. The van der Waals surface area contributed by atoms with E-state index in [4.69, 9.17) is 0 Å². The second-order valence-electron chi connectivity index (χ2n) is 3.60. The number of rotatable bonds is 5. The molecule has 1 atom stereocenters. The van der Waals surface area contributed by atoms with Crippen LogP contribution in [0.3, 0.4) is 0 Å². The van der Waals surface area contributed by atoms with Crippen molar-refractivity contribution < 1.29 is 4.92 Å². The molecular weight excluding hydrogens is 224 g/mol. The Morgan fingerprint density at radius 1 is 1.69 bits per heavy atom. The Balaban J connectivity index is 2.77. The van der Waals surface area contributed by atoms with Crippen LogP contribution in [0, 0.1) is 10.1 Å². The van der Waals surface area contributed by atoms with E-state index < -0.39 is 0 Å². The van der Waals surface area contributed by atoms with Crippen molar-refractivity contribution in [1.29, 1.82) is 0 Å². The fourth-order valence-electron chi connectivity index (χ4n) is 1.33. The van der Waals surface area contributed by atoms with Gasteiger partial charge >= 0.3 is 5.00 Å². The Kier molecular flexibility index (Phi) is 4.64. The molecule has 1 heterocycles. The lowest BCUT2D eigenvalue weighted by Crippen LogP contribution is -2.26. The third-order valence-electron chi connectivity index (χ3n) is 2.36. The Morgan fingerprint density at radius 3 is 2.88 bits per heavy atom. The van der Waals surface area contributed by atoms with Gasteiger partial charge in [-0.25, -0.2) is 0 Å². The molecule has 0 aromatic carbocycles. The van der Waals surface area contributed by atoms with E-state index >= 15 is 0 Å². The first-order valence-electron chi connectivity index (χ1n) is 5.20. The van der Waals surface area contributed by atoms with Gasteiger partial charge in [0.15, 0.2) is 0 Å². The third kappa shape index (κ3) is 3.43. The van der Waals surface area contributed by atoms with Gasteiger partial charge in [-0.15, -0.1) is 0 Å². The molecular formula is C11H16N2O2S. The molecule has 0 spiro atoms. The normalized spacial score (nSPS) is 13.8. The van der Waals surface area contributed by atoms with E-state index in [-0.39, 0.29) is 9.92 Å². The summed E-state index contributed by atoms with van der Waals surface area (Å²) in [6, 6.07) is 3.62. The molecule has 1 unspecified atom stereocenters. The number of hydrogen-bond donors (Lipinski definition) is 1. The van der Waals surface area contributed by atoms with Gasteiger partial charge in [0.2, 0.25) is 0 Å². The average Bonchev–Trinajstić information content (AvgIpc) is 2.66. The van der Waals surface area contributed by atoms with Crippen LogP contribution in [0.25, 0.3) is 6.08 Å². The summed E-state index contributed by atoms with van der Waals surface area (Å²) in [5.41, 5.74) is 1.18. The predicted octanol–water partition coefficient (Wildman–Crippen LogP) is 3.06. The maximum atomic E-state index is 10.5. The summed E-state index contributed by atoms with van der Waals surface area (Å²) >= 11 is 1.20. The Hall–Kier alpha value is -1.20. The second kappa shape index (κ2) is 5.77. The molecule has 0 saturated heterocycles. The van der Waals surface area contributed by atoms with E-state index in [1.54, 1.807) is 12.1 Å². The van der Waals surface area contributed by atoms with Crippen molar-refractivity contribution in [1.82, 2.24) is 5.32 Å². The van der Waals surface area contributed by atoms with Crippen molar-refractivity contribution in [3.8, 4) is 0 Å². The maximum absolute atomic E-state index is 10.5. The zero-order valence-electron chi connectivity index (χ0n) is 9.69. The van der Waals surface area contributed by atoms with Crippen LogP contribution in [0.5, 0.6) is 0 Å². The Labute approximate surface area is 99.1 Å². The van der Waals surface area contributed by atoms with E-state index in [0.717, 1.165) is 11.4 Å². The van der Waals surface area contributed by atoms with Crippen LogP contribution in [0.2, 0.25) is 0 Å². The molecule has 1 N–H and O–H groups in total. The molecule has 5 heteroatoms. The van der Waals surface area contributed by atoms with Crippen molar-refractivity contribution in [2.45, 2.75) is 26.8 Å². The topological polar surface area (TPSA) is 55.2 Å². The van der Waals surface area contributed by atoms with E-state index in [1.807, 2.05) is 13.0 Å². The molecule has 0 radical (unpaired) electrons. The Morgan fingerprint density at radius 2 is 2.38 bits per heavy atom. The van der Waals surface area contributed by atoms with Crippen molar-refractivity contribution in [3.63, 3.8) is 0 Å². The molecule has 0 aliphatic carbocycles. The van der Waals surface area contributed by atoms with Crippen molar-refractivity contribution >= 4 is 22.4 Å². The highest BCUT2D eigenvalue weighted by atomic mass is 32.1. The highest BCUT2D eigenvalue weighted by Gasteiger charge is 2.09. The third-order valence-corrected chi connectivity index (χ3v) is 3.34. The second-order valence-corrected chi connectivity index (χ2v) is 4.69. The molecule has 1 aromatic rings. The smallest absolute Gasteiger partial charge is 0.311 e. The fourth-order valence-corrected chi connectivity index (χ4v) is 2.17. The standard InChI is InChI=1S/C11H16N2O2S/c1-4-12-9(3)8(2)7-10-5-6-11(16-10)13(14)15/h5-7,9,12H,4H2,1-3H3/b8-7+. The lowest BCUT2D eigenvalue weighted by molar-refractivity contribution is -0.380. The average molecular weight is 240 g/mol. The van der Waals surface area contributed by atoms with E-state index in [0.29, 0.717) is 6.04 Å². The van der Waals surface area contributed by atoms with Crippen LogP contribution >= 0.6 is 11.3 Å². The molecule has 1 rings (SSSR count). The summed E-state index contributed by atoms with van der Waals surface area (Å²) in [6.45, 7) is 7.08. The minimum absolute atomic E-state index is 0.190. The van der Waals surface area contributed by atoms with Crippen LogP contribution in [0.15, 0.2) is 17.7 Å². The zero-order chi connectivity index (χ0) is 12.1. The quantitative estimate of drug-likeness (QED) is 0.635. The lowest BCUT2D eigenvalue weighted by Gasteiger charge is -2.12. The van der Waals surface area contributed by atoms with Gasteiger partial charge < -0.3 is 5.32 Å².